The lowest BCUT2D eigenvalue weighted by Crippen LogP contribution is -2.40. The van der Waals surface area contributed by atoms with E-state index in [4.69, 9.17) is 4.74 Å². The zero-order valence-electron chi connectivity index (χ0n) is 17.7. The summed E-state index contributed by atoms with van der Waals surface area (Å²) in [4.78, 5) is 38.5. The van der Waals surface area contributed by atoms with Gasteiger partial charge in [0.05, 0.1) is 13.2 Å². The zero-order valence-corrected chi connectivity index (χ0v) is 18.5. The Labute approximate surface area is 181 Å². The number of hydrogen-bond acceptors (Lipinski definition) is 5. The van der Waals surface area contributed by atoms with Crippen LogP contribution in [0.1, 0.15) is 34.3 Å². The van der Waals surface area contributed by atoms with Gasteiger partial charge in [0.2, 0.25) is 11.8 Å². The van der Waals surface area contributed by atoms with Gasteiger partial charge in [0, 0.05) is 43.3 Å². The number of rotatable bonds is 11. The molecule has 2 aromatic rings. The number of amides is 3. The molecular weight excluding hydrogens is 402 g/mol. The summed E-state index contributed by atoms with van der Waals surface area (Å²) in [6.07, 6.45) is 0.737. The Morgan fingerprint density at radius 2 is 1.97 bits per heavy atom. The highest BCUT2D eigenvalue weighted by atomic mass is 32.1. The fraction of sp³-hybridized carbons (Fsp3) is 0.409. The van der Waals surface area contributed by atoms with Crippen molar-refractivity contribution in [2.75, 3.05) is 38.7 Å². The molecule has 30 heavy (non-hydrogen) atoms. The van der Waals surface area contributed by atoms with Gasteiger partial charge < -0.3 is 20.3 Å². The zero-order chi connectivity index (χ0) is 21.9. The molecule has 3 amide bonds. The van der Waals surface area contributed by atoms with E-state index in [9.17, 15) is 14.4 Å². The number of ether oxygens (including phenoxy) is 1. The molecule has 0 spiro atoms. The van der Waals surface area contributed by atoms with Crippen molar-refractivity contribution >= 4 is 34.7 Å². The predicted molar refractivity (Wildman–Crippen MR) is 119 cm³/mol. The minimum atomic E-state index is -0.251. The van der Waals surface area contributed by atoms with Crippen LogP contribution in [0.4, 0.5) is 5.69 Å². The minimum Gasteiger partial charge on any atom is -0.383 e. The van der Waals surface area contributed by atoms with Gasteiger partial charge in [-0.05, 0) is 48.9 Å². The molecule has 1 heterocycles. The molecule has 1 aromatic carbocycles. The van der Waals surface area contributed by atoms with E-state index < -0.39 is 0 Å². The van der Waals surface area contributed by atoms with E-state index in [1.54, 1.807) is 18.6 Å². The Bertz CT molecular complexity index is 852. The Hall–Kier alpha value is -2.71. The summed E-state index contributed by atoms with van der Waals surface area (Å²) in [5, 5.41) is 9.30. The van der Waals surface area contributed by atoms with Crippen molar-refractivity contribution in [3.05, 3.63) is 51.7 Å². The van der Waals surface area contributed by atoms with Gasteiger partial charge in [0.15, 0.2) is 0 Å². The average Bonchev–Trinajstić information content (AvgIpc) is 3.26. The molecule has 2 rings (SSSR count). The predicted octanol–water partition coefficient (Wildman–Crippen LogP) is 2.99. The average molecular weight is 432 g/mol. The summed E-state index contributed by atoms with van der Waals surface area (Å²) < 4.78 is 5.07. The lowest BCUT2D eigenvalue weighted by atomic mass is 10.1. The van der Waals surface area contributed by atoms with Crippen LogP contribution in [0.25, 0.3) is 0 Å². The van der Waals surface area contributed by atoms with Crippen LogP contribution in [0.2, 0.25) is 0 Å². The van der Waals surface area contributed by atoms with E-state index in [0.717, 1.165) is 16.8 Å². The maximum absolute atomic E-state index is 12.6. The summed E-state index contributed by atoms with van der Waals surface area (Å²) in [6.45, 7) is 4.96. The van der Waals surface area contributed by atoms with Crippen molar-refractivity contribution in [2.45, 2.75) is 26.7 Å². The van der Waals surface area contributed by atoms with Crippen LogP contribution in [0.3, 0.4) is 0 Å². The van der Waals surface area contributed by atoms with Gasteiger partial charge in [-0.3, -0.25) is 14.4 Å². The van der Waals surface area contributed by atoms with E-state index in [1.165, 1.54) is 16.2 Å². The lowest BCUT2D eigenvalue weighted by molar-refractivity contribution is -0.135. The number of anilines is 1. The summed E-state index contributed by atoms with van der Waals surface area (Å²) in [5.41, 5.74) is 3.46. The Morgan fingerprint density at radius 1 is 1.17 bits per heavy atom. The standard InChI is InChI=1S/C22H29N3O4S/c1-16-6-4-7-19(17(16)2)24-20(26)14-25(11-12-29-3)21(27)8-5-10-23-22(28)18-9-13-30-15-18/h4,6-7,9,13,15H,5,8,10-12,14H2,1-3H3,(H,23,28)(H,24,26). The van der Waals surface area contributed by atoms with Gasteiger partial charge in [-0.2, -0.15) is 11.3 Å². The first kappa shape index (κ1) is 23.6. The number of nitrogens with one attached hydrogen (secondary N) is 2. The third-order valence-electron chi connectivity index (χ3n) is 4.77. The maximum atomic E-state index is 12.6. The minimum absolute atomic E-state index is 0.0448. The Morgan fingerprint density at radius 3 is 2.67 bits per heavy atom. The van der Waals surface area contributed by atoms with Crippen molar-refractivity contribution in [3.63, 3.8) is 0 Å². The first-order valence-corrected chi connectivity index (χ1v) is 10.8. The molecule has 0 fully saturated rings. The number of aryl methyl sites for hydroxylation is 1. The second-order valence-electron chi connectivity index (χ2n) is 6.98. The largest absolute Gasteiger partial charge is 0.383 e. The smallest absolute Gasteiger partial charge is 0.252 e. The van der Waals surface area contributed by atoms with Crippen molar-refractivity contribution in [2.24, 2.45) is 0 Å². The molecule has 162 valence electrons. The second-order valence-corrected chi connectivity index (χ2v) is 7.76. The summed E-state index contributed by atoms with van der Waals surface area (Å²) >= 11 is 1.46. The maximum Gasteiger partial charge on any atom is 0.252 e. The lowest BCUT2D eigenvalue weighted by Gasteiger charge is -2.22. The molecule has 0 bridgehead atoms. The van der Waals surface area contributed by atoms with Gasteiger partial charge in [-0.25, -0.2) is 0 Å². The monoisotopic (exact) mass is 431 g/mol. The number of carbonyl (C=O) groups excluding carboxylic acids is 3. The summed E-state index contributed by atoms with van der Waals surface area (Å²) in [6, 6.07) is 7.47. The molecule has 0 unspecified atom stereocenters. The van der Waals surface area contributed by atoms with Gasteiger partial charge in [-0.15, -0.1) is 0 Å². The Kier molecular flexibility index (Phi) is 9.50. The summed E-state index contributed by atoms with van der Waals surface area (Å²) in [5.74, 6) is -0.542. The normalized spacial score (nSPS) is 10.5. The molecule has 0 saturated heterocycles. The molecule has 0 saturated carbocycles. The van der Waals surface area contributed by atoms with Crippen LogP contribution in [-0.2, 0) is 14.3 Å². The van der Waals surface area contributed by atoms with Crippen LogP contribution in [0.5, 0.6) is 0 Å². The quantitative estimate of drug-likeness (QED) is 0.536. The summed E-state index contributed by atoms with van der Waals surface area (Å²) in [7, 11) is 1.55. The molecule has 0 aliphatic carbocycles. The fourth-order valence-electron chi connectivity index (χ4n) is 2.84. The highest BCUT2D eigenvalue weighted by Crippen LogP contribution is 2.17. The molecule has 1 aromatic heterocycles. The van der Waals surface area contributed by atoms with Crippen LogP contribution in [-0.4, -0.2) is 56.0 Å². The SMILES string of the molecule is COCCN(CC(=O)Nc1cccc(C)c1C)C(=O)CCCNC(=O)c1ccsc1. The van der Waals surface area contributed by atoms with Crippen molar-refractivity contribution in [1.82, 2.24) is 10.2 Å². The molecule has 8 heteroatoms. The Balaban J connectivity index is 1.84. The topological polar surface area (TPSA) is 87.7 Å². The highest BCUT2D eigenvalue weighted by molar-refractivity contribution is 7.08. The third kappa shape index (κ3) is 7.27. The van der Waals surface area contributed by atoms with Crippen molar-refractivity contribution in [1.29, 1.82) is 0 Å². The fourth-order valence-corrected chi connectivity index (χ4v) is 3.47. The first-order chi connectivity index (χ1) is 14.4. The van der Waals surface area contributed by atoms with Gasteiger partial charge in [0.25, 0.3) is 5.91 Å². The van der Waals surface area contributed by atoms with Crippen LogP contribution in [0, 0.1) is 13.8 Å². The number of thiophene rings is 1. The van der Waals surface area contributed by atoms with Crippen LogP contribution >= 0.6 is 11.3 Å². The third-order valence-corrected chi connectivity index (χ3v) is 5.45. The molecule has 2 N–H and O–H groups in total. The van der Waals surface area contributed by atoms with E-state index in [2.05, 4.69) is 10.6 Å². The number of benzene rings is 1. The first-order valence-electron chi connectivity index (χ1n) is 9.85. The van der Waals surface area contributed by atoms with E-state index in [0.29, 0.717) is 31.7 Å². The molecule has 0 atom stereocenters. The van der Waals surface area contributed by atoms with E-state index in [1.807, 2.05) is 37.4 Å². The number of carbonyl (C=O) groups is 3. The van der Waals surface area contributed by atoms with E-state index >= 15 is 0 Å². The van der Waals surface area contributed by atoms with Gasteiger partial charge in [0.1, 0.15) is 0 Å². The van der Waals surface area contributed by atoms with Crippen molar-refractivity contribution in [3.8, 4) is 0 Å². The van der Waals surface area contributed by atoms with E-state index in [-0.39, 0.29) is 30.7 Å². The van der Waals surface area contributed by atoms with Crippen LogP contribution in [0.15, 0.2) is 35.0 Å². The molecule has 0 aliphatic heterocycles. The number of hydrogen-bond donors (Lipinski definition) is 2. The molecular formula is C22H29N3O4S. The molecule has 0 radical (unpaired) electrons. The molecule has 7 nitrogen and oxygen atoms in total. The highest BCUT2D eigenvalue weighted by Gasteiger charge is 2.17. The molecule has 0 aliphatic rings. The van der Waals surface area contributed by atoms with Crippen LogP contribution < -0.4 is 10.6 Å². The number of methoxy groups -OCH3 is 1. The second kappa shape index (κ2) is 12.1. The van der Waals surface area contributed by atoms with Crippen molar-refractivity contribution < 1.29 is 19.1 Å². The van der Waals surface area contributed by atoms with Gasteiger partial charge in [-0.1, -0.05) is 12.1 Å². The number of nitrogens with zero attached hydrogens (tertiary/aromatic N) is 1. The van der Waals surface area contributed by atoms with Gasteiger partial charge >= 0.3 is 0 Å².